The van der Waals surface area contributed by atoms with E-state index in [2.05, 4.69) is 45.8 Å². The first kappa shape index (κ1) is 14.8. The predicted octanol–water partition coefficient (Wildman–Crippen LogP) is 2.41. The van der Waals surface area contributed by atoms with Crippen LogP contribution in [-0.2, 0) is 13.6 Å². The lowest BCUT2D eigenvalue weighted by Crippen LogP contribution is -2.47. The monoisotopic (exact) mass is 294 g/mol. The summed E-state index contributed by atoms with van der Waals surface area (Å²) in [6.07, 6.45) is 2.09. The van der Waals surface area contributed by atoms with Gasteiger partial charge in [0, 0.05) is 51.7 Å². The lowest BCUT2D eigenvalue weighted by atomic mass is 10.1. The van der Waals surface area contributed by atoms with Crippen molar-refractivity contribution in [3.8, 4) is 6.07 Å². The molecule has 2 aromatic rings. The van der Waals surface area contributed by atoms with Crippen LogP contribution in [-0.4, -0.2) is 40.5 Å². The highest BCUT2D eigenvalue weighted by Gasteiger charge is 2.24. The fourth-order valence-electron chi connectivity index (χ4n) is 3.07. The summed E-state index contributed by atoms with van der Waals surface area (Å²) in [6.45, 7) is 4.89. The molecule has 114 valence electrons. The Hall–Kier alpha value is -2.09. The van der Waals surface area contributed by atoms with Crippen LogP contribution in [0.2, 0.25) is 0 Å². The normalized spacial score (nSPS) is 18.0. The molecule has 4 nitrogen and oxygen atoms in total. The molecule has 1 atom stereocenters. The number of aryl methyl sites for hydroxylation is 1. The van der Waals surface area contributed by atoms with Gasteiger partial charge in [-0.2, -0.15) is 5.26 Å². The van der Waals surface area contributed by atoms with Crippen LogP contribution in [0, 0.1) is 11.3 Å². The fraction of sp³-hybridized carbons (Fsp3) is 0.389. The van der Waals surface area contributed by atoms with Crippen molar-refractivity contribution in [3.63, 3.8) is 0 Å². The number of hydrogen-bond acceptors (Lipinski definition) is 3. The molecule has 22 heavy (non-hydrogen) atoms. The van der Waals surface area contributed by atoms with Crippen LogP contribution in [0.4, 0.5) is 0 Å². The van der Waals surface area contributed by atoms with Gasteiger partial charge in [0.2, 0.25) is 0 Å². The van der Waals surface area contributed by atoms with Gasteiger partial charge in [-0.3, -0.25) is 9.80 Å². The van der Waals surface area contributed by atoms with E-state index in [-0.39, 0.29) is 6.04 Å². The molecule has 4 heteroatoms. The van der Waals surface area contributed by atoms with E-state index in [1.54, 1.807) is 0 Å². The molecule has 1 fully saturated rings. The van der Waals surface area contributed by atoms with Crippen LogP contribution in [0.3, 0.4) is 0 Å². The van der Waals surface area contributed by atoms with E-state index in [1.165, 1.54) is 5.69 Å². The highest BCUT2D eigenvalue weighted by Crippen LogP contribution is 2.21. The molecule has 0 radical (unpaired) electrons. The average molecular weight is 294 g/mol. The lowest BCUT2D eigenvalue weighted by Gasteiger charge is -2.37. The average Bonchev–Trinajstić information content (AvgIpc) is 2.96. The Morgan fingerprint density at radius 1 is 1.05 bits per heavy atom. The molecule has 1 aliphatic rings. The first-order valence-electron chi connectivity index (χ1n) is 7.79. The summed E-state index contributed by atoms with van der Waals surface area (Å²) >= 11 is 0. The number of nitrogens with zero attached hydrogens (tertiary/aromatic N) is 4. The van der Waals surface area contributed by atoms with Gasteiger partial charge in [0.1, 0.15) is 6.04 Å². The van der Waals surface area contributed by atoms with Gasteiger partial charge >= 0.3 is 0 Å². The minimum Gasteiger partial charge on any atom is -0.353 e. The smallest absolute Gasteiger partial charge is 0.123 e. The highest BCUT2D eigenvalue weighted by molar-refractivity contribution is 5.24. The van der Waals surface area contributed by atoms with Gasteiger partial charge < -0.3 is 4.57 Å². The van der Waals surface area contributed by atoms with E-state index in [1.807, 2.05) is 30.3 Å². The first-order chi connectivity index (χ1) is 10.8. The molecular weight excluding hydrogens is 272 g/mol. The maximum absolute atomic E-state index is 9.53. The standard InChI is InChI=1S/C18H22N4/c1-20-9-5-8-17(20)15-21-10-12-22(13-11-21)18(14-19)16-6-3-2-4-7-16/h2-9,18H,10-13,15H2,1H3/t18-/m1/s1. The number of nitriles is 1. The molecule has 0 aliphatic carbocycles. The predicted molar refractivity (Wildman–Crippen MR) is 87.1 cm³/mol. The maximum atomic E-state index is 9.53. The van der Waals surface area contributed by atoms with Crippen LogP contribution in [0.15, 0.2) is 48.7 Å². The quantitative estimate of drug-likeness (QED) is 0.868. The second kappa shape index (κ2) is 6.78. The second-order valence-corrected chi connectivity index (χ2v) is 5.86. The molecule has 0 bridgehead atoms. The third kappa shape index (κ3) is 3.22. The number of rotatable bonds is 4. The van der Waals surface area contributed by atoms with E-state index >= 15 is 0 Å². The van der Waals surface area contributed by atoms with Gasteiger partial charge in [-0.1, -0.05) is 30.3 Å². The third-order valence-electron chi connectivity index (χ3n) is 4.45. The Bertz CT molecular complexity index is 633. The van der Waals surface area contributed by atoms with E-state index in [9.17, 15) is 5.26 Å². The van der Waals surface area contributed by atoms with Crippen molar-refractivity contribution in [2.24, 2.45) is 7.05 Å². The van der Waals surface area contributed by atoms with Crippen molar-refractivity contribution in [3.05, 3.63) is 59.9 Å². The summed E-state index contributed by atoms with van der Waals surface area (Å²) in [4.78, 5) is 4.75. The van der Waals surface area contributed by atoms with Crippen LogP contribution in [0.5, 0.6) is 0 Å². The maximum Gasteiger partial charge on any atom is 0.123 e. The summed E-state index contributed by atoms with van der Waals surface area (Å²) < 4.78 is 2.18. The van der Waals surface area contributed by atoms with Crippen molar-refractivity contribution in [2.45, 2.75) is 12.6 Å². The molecule has 0 amide bonds. The van der Waals surface area contributed by atoms with Crippen LogP contribution in [0.25, 0.3) is 0 Å². The minimum atomic E-state index is -0.126. The number of aromatic nitrogens is 1. The summed E-state index contributed by atoms with van der Waals surface area (Å²) in [6, 6.07) is 16.7. The number of piperazine rings is 1. The van der Waals surface area contributed by atoms with Gasteiger partial charge in [-0.15, -0.1) is 0 Å². The van der Waals surface area contributed by atoms with E-state index in [0.29, 0.717) is 0 Å². The van der Waals surface area contributed by atoms with Crippen molar-refractivity contribution in [2.75, 3.05) is 26.2 Å². The van der Waals surface area contributed by atoms with E-state index < -0.39 is 0 Å². The zero-order valence-electron chi connectivity index (χ0n) is 13.0. The summed E-state index contributed by atoms with van der Waals surface area (Å²) in [5.74, 6) is 0. The van der Waals surface area contributed by atoms with Gasteiger partial charge in [0.05, 0.1) is 6.07 Å². The summed E-state index contributed by atoms with van der Waals surface area (Å²) in [5, 5.41) is 9.53. The largest absolute Gasteiger partial charge is 0.353 e. The van der Waals surface area contributed by atoms with Crippen LogP contribution < -0.4 is 0 Å². The fourth-order valence-corrected chi connectivity index (χ4v) is 3.07. The summed E-state index contributed by atoms with van der Waals surface area (Å²) in [7, 11) is 2.09. The highest BCUT2D eigenvalue weighted by atomic mass is 15.3. The zero-order chi connectivity index (χ0) is 15.4. The number of benzene rings is 1. The van der Waals surface area contributed by atoms with Gasteiger partial charge in [-0.25, -0.2) is 0 Å². The molecule has 1 saturated heterocycles. The SMILES string of the molecule is Cn1cccc1CN1CCN([C@H](C#N)c2ccccc2)CC1. The van der Waals surface area contributed by atoms with Crippen molar-refractivity contribution >= 4 is 0 Å². The molecule has 3 rings (SSSR count). The van der Waals surface area contributed by atoms with E-state index in [0.717, 1.165) is 38.3 Å². The molecule has 0 unspecified atom stereocenters. The molecule has 1 aromatic heterocycles. The Labute approximate surface area is 132 Å². The second-order valence-electron chi connectivity index (χ2n) is 5.86. The van der Waals surface area contributed by atoms with Crippen molar-refractivity contribution in [1.29, 1.82) is 5.26 Å². The van der Waals surface area contributed by atoms with Crippen LogP contribution >= 0.6 is 0 Å². The Balaban J connectivity index is 1.59. The van der Waals surface area contributed by atoms with Crippen molar-refractivity contribution < 1.29 is 0 Å². The molecule has 2 heterocycles. The van der Waals surface area contributed by atoms with E-state index in [4.69, 9.17) is 0 Å². The minimum absolute atomic E-state index is 0.126. The van der Waals surface area contributed by atoms with Crippen LogP contribution in [0.1, 0.15) is 17.3 Å². The molecule has 1 aliphatic heterocycles. The Morgan fingerprint density at radius 2 is 1.77 bits per heavy atom. The first-order valence-corrected chi connectivity index (χ1v) is 7.79. The Morgan fingerprint density at radius 3 is 2.36 bits per heavy atom. The van der Waals surface area contributed by atoms with Gasteiger partial charge in [-0.05, 0) is 17.7 Å². The zero-order valence-corrected chi connectivity index (χ0v) is 13.0. The molecule has 0 N–H and O–H groups in total. The third-order valence-corrected chi connectivity index (χ3v) is 4.45. The molecule has 0 spiro atoms. The van der Waals surface area contributed by atoms with Crippen molar-refractivity contribution in [1.82, 2.24) is 14.4 Å². The Kier molecular flexibility index (Phi) is 4.57. The summed E-state index contributed by atoms with van der Waals surface area (Å²) in [5.41, 5.74) is 2.44. The molecular formula is C18H22N4. The number of hydrogen-bond donors (Lipinski definition) is 0. The topological polar surface area (TPSA) is 35.2 Å². The lowest BCUT2D eigenvalue weighted by molar-refractivity contribution is 0.108. The van der Waals surface area contributed by atoms with Gasteiger partial charge in [0.25, 0.3) is 0 Å². The molecule has 1 aromatic carbocycles. The molecule has 0 saturated carbocycles. The van der Waals surface area contributed by atoms with Gasteiger partial charge in [0.15, 0.2) is 0 Å².